The van der Waals surface area contributed by atoms with Crippen molar-refractivity contribution in [1.82, 2.24) is 0 Å². The third-order valence-corrected chi connectivity index (χ3v) is 2.31. The van der Waals surface area contributed by atoms with Crippen molar-refractivity contribution in [2.75, 3.05) is 12.8 Å². The minimum atomic E-state index is -0.666. The van der Waals surface area contributed by atoms with Gasteiger partial charge in [-0.3, -0.25) is 4.79 Å². The Bertz CT molecular complexity index is 674. The van der Waals surface area contributed by atoms with E-state index in [1.54, 1.807) is 12.1 Å². The van der Waals surface area contributed by atoms with E-state index in [2.05, 4.69) is 0 Å². The minimum absolute atomic E-state index is 0.00443. The summed E-state index contributed by atoms with van der Waals surface area (Å²) >= 11 is 0. The van der Waals surface area contributed by atoms with Gasteiger partial charge >= 0.3 is 11.6 Å². The fourth-order valence-corrected chi connectivity index (χ4v) is 1.59. The van der Waals surface area contributed by atoms with E-state index in [0.717, 1.165) is 0 Å². The highest BCUT2D eigenvalue weighted by Gasteiger charge is 2.14. The van der Waals surface area contributed by atoms with E-state index >= 15 is 0 Å². The molecule has 0 saturated carbocycles. The Hall–Kier alpha value is -2.50. The van der Waals surface area contributed by atoms with Crippen LogP contribution in [-0.4, -0.2) is 13.1 Å². The molecule has 0 spiro atoms. The van der Waals surface area contributed by atoms with Crippen molar-refractivity contribution >= 4 is 22.6 Å². The van der Waals surface area contributed by atoms with Gasteiger partial charge in [0, 0.05) is 12.3 Å². The quantitative estimate of drug-likeness (QED) is 0.490. The second-order valence-electron chi connectivity index (χ2n) is 3.60. The minimum Gasteiger partial charge on any atom is -0.490 e. The van der Waals surface area contributed by atoms with Crippen molar-refractivity contribution < 1.29 is 18.7 Å². The number of ether oxygens (including phenoxy) is 2. The lowest BCUT2D eigenvalue weighted by atomic mass is 10.2. The van der Waals surface area contributed by atoms with Crippen LogP contribution in [0.4, 0.5) is 5.69 Å². The molecule has 0 aliphatic heterocycles. The third kappa shape index (κ3) is 2.00. The Kier molecular flexibility index (Phi) is 2.93. The number of carbonyl (C=O) groups is 1. The molecular weight excluding hydrogens is 238 g/mol. The van der Waals surface area contributed by atoms with Crippen LogP contribution in [0, 0.1) is 0 Å². The van der Waals surface area contributed by atoms with Crippen LogP contribution in [0.5, 0.6) is 11.5 Å². The maximum atomic E-state index is 11.4. The van der Waals surface area contributed by atoms with Gasteiger partial charge in [0.1, 0.15) is 5.69 Å². The fourth-order valence-electron chi connectivity index (χ4n) is 1.59. The van der Waals surface area contributed by atoms with Crippen molar-refractivity contribution in [2.45, 2.75) is 6.92 Å². The largest absolute Gasteiger partial charge is 0.490 e. The van der Waals surface area contributed by atoms with Crippen LogP contribution in [0.25, 0.3) is 11.0 Å². The average molecular weight is 249 g/mol. The molecule has 1 heterocycles. The van der Waals surface area contributed by atoms with E-state index in [1.165, 1.54) is 20.1 Å². The number of anilines is 1. The van der Waals surface area contributed by atoms with Crippen molar-refractivity contribution in [3.05, 3.63) is 28.6 Å². The summed E-state index contributed by atoms with van der Waals surface area (Å²) in [7, 11) is 1.39. The molecule has 0 bridgehead atoms. The first-order chi connectivity index (χ1) is 8.52. The highest BCUT2D eigenvalue weighted by atomic mass is 16.6. The van der Waals surface area contributed by atoms with Crippen LogP contribution in [0.3, 0.4) is 0 Å². The smallest absolute Gasteiger partial charge is 0.359 e. The van der Waals surface area contributed by atoms with Gasteiger partial charge in [-0.2, -0.15) is 0 Å². The first-order valence-corrected chi connectivity index (χ1v) is 5.11. The predicted molar refractivity (Wildman–Crippen MR) is 64.8 cm³/mol. The molecule has 0 radical (unpaired) electrons. The van der Waals surface area contributed by atoms with Crippen molar-refractivity contribution in [2.24, 2.45) is 0 Å². The van der Waals surface area contributed by atoms with Crippen molar-refractivity contribution in [3.8, 4) is 11.5 Å². The second-order valence-corrected chi connectivity index (χ2v) is 3.60. The lowest BCUT2D eigenvalue weighted by Crippen LogP contribution is -2.07. The topological polar surface area (TPSA) is 91.8 Å². The molecule has 0 saturated heterocycles. The van der Waals surface area contributed by atoms with Crippen LogP contribution in [0.2, 0.25) is 0 Å². The average Bonchev–Trinajstić information content (AvgIpc) is 2.30. The predicted octanol–water partition coefficient (Wildman–Crippen LogP) is 1.31. The number of nitrogen functional groups attached to an aromatic ring is 1. The van der Waals surface area contributed by atoms with Gasteiger partial charge in [-0.15, -0.1) is 0 Å². The molecule has 6 heteroatoms. The molecule has 2 aromatic rings. The molecule has 0 fully saturated rings. The molecule has 1 aromatic heterocycles. The van der Waals surface area contributed by atoms with Crippen LogP contribution < -0.4 is 20.8 Å². The lowest BCUT2D eigenvalue weighted by molar-refractivity contribution is -0.131. The monoisotopic (exact) mass is 249 g/mol. The maximum Gasteiger partial charge on any atom is 0.359 e. The van der Waals surface area contributed by atoms with Gasteiger partial charge in [0.25, 0.3) is 0 Å². The summed E-state index contributed by atoms with van der Waals surface area (Å²) in [6, 6.07) is 4.64. The highest BCUT2D eigenvalue weighted by Crippen LogP contribution is 2.35. The molecule has 0 unspecified atom stereocenters. The number of esters is 1. The van der Waals surface area contributed by atoms with Crippen LogP contribution >= 0.6 is 0 Å². The van der Waals surface area contributed by atoms with Gasteiger partial charge in [-0.1, -0.05) is 0 Å². The first-order valence-electron chi connectivity index (χ1n) is 5.11. The molecule has 0 aliphatic rings. The number of rotatable bonds is 2. The number of nitrogens with two attached hydrogens (primary N) is 1. The Morgan fingerprint density at radius 3 is 2.72 bits per heavy atom. The SMILES string of the molecule is COc1c(OC(C)=O)ccc2cc(N)c(=O)oc12. The molecule has 6 nitrogen and oxygen atoms in total. The van der Waals surface area contributed by atoms with E-state index in [-0.39, 0.29) is 22.8 Å². The second kappa shape index (κ2) is 4.40. The molecule has 1 aromatic carbocycles. The summed E-state index contributed by atoms with van der Waals surface area (Å²) in [5.41, 5.74) is 4.99. The van der Waals surface area contributed by atoms with Crippen LogP contribution in [0.15, 0.2) is 27.4 Å². The standard InChI is InChI=1S/C12H11NO5/c1-6(14)17-9-4-3-7-5-8(13)12(15)18-10(7)11(9)16-2/h3-5H,13H2,1-2H3. The lowest BCUT2D eigenvalue weighted by Gasteiger charge is -2.09. The zero-order chi connectivity index (χ0) is 13.3. The molecule has 0 atom stereocenters. The summed E-state index contributed by atoms with van der Waals surface area (Å²) in [6.07, 6.45) is 0. The first kappa shape index (κ1) is 12.0. The summed E-state index contributed by atoms with van der Waals surface area (Å²) < 4.78 is 15.1. The summed E-state index contributed by atoms with van der Waals surface area (Å²) in [6.45, 7) is 1.27. The van der Waals surface area contributed by atoms with E-state index < -0.39 is 11.6 Å². The number of fused-ring (bicyclic) bond motifs is 1. The van der Waals surface area contributed by atoms with E-state index in [0.29, 0.717) is 5.39 Å². The van der Waals surface area contributed by atoms with Crippen molar-refractivity contribution in [3.63, 3.8) is 0 Å². The Morgan fingerprint density at radius 1 is 1.39 bits per heavy atom. The molecule has 2 rings (SSSR count). The molecule has 0 amide bonds. The van der Waals surface area contributed by atoms with Crippen LogP contribution in [0.1, 0.15) is 6.92 Å². The van der Waals surface area contributed by atoms with Gasteiger partial charge in [0.15, 0.2) is 11.3 Å². The number of carbonyl (C=O) groups excluding carboxylic acids is 1. The Labute approximate surface area is 102 Å². The normalized spacial score (nSPS) is 10.3. The van der Waals surface area contributed by atoms with Crippen LogP contribution in [-0.2, 0) is 4.79 Å². The zero-order valence-corrected chi connectivity index (χ0v) is 9.85. The molecule has 2 N–H and O–H groups in total. The van der Waals surface area contributed by atoms with Gasteiger partial charge in [-0.05, 0) is 18.2 Å². The molecular formula is C12H11NO5. The van der Waals surface area contributed by atoms with E-state index in [1.807, 2.05) is 0 Å². The summed E-state index contributed by atoms with van der Waals surface area (Å²) in [4.78, 5) is 22.3. The number of hydrogen-bond donors (Lipinski definition) is 1. The van der Waals surface area contributed by atoms with E-state index in [9.17, 15) is 9.59 Å². The van der Waals surface area contributed by atoms with E-state index in [4.69, 9.17) is 19.6 Å². The fraction of sp³-hybridized carbons (Fsp3) is 0.167. The summed E-state index contributed by atoms with van der Waals surface area (Å²) in [5.74, 6) is -0.129. The van der Waals surface area contributed by atoms with Crippen molar-refractivity contribution in [1.29, 1.82) is 0 Å². The summed E-state index contributed by atoms with van der Waals surface area (Å²) in [5, 5.41) is 0.583. The molecule has 18 heavy (non-hydrogen) atoms. The van der Waals surface area contributed by atoms with Gasteiger partial charge in [0.05, 0.1) is 7.11 Å². The number of hydrogen-bond acceptors (Lipinski definition) is 6. The molecule has 94 valence electrons. The van der Waals surface area contributed by atoms with Gasteiger partial charge < -0.3 is 19.6 Å². The van der Waals surface area contributed by atoms with Gasteiger partial charge in [-0.25, -0.2) is 4.79 Å². The Morgan fingerprint density at radius 2 is 2.11 bits per heavy atom. The highest BCUT2D eigenvalue weighted by molar-refractivity contribution is 5.88. The van der Waals surface area contributed by atoms with Gasteiger partial charge in [0.2, 0.25) is 5.75 Å². The third-order valence-electron chi connectivity index (χ3n) is 2.31. The Balaban J connectivity index is 2.74. The molecule has 0 aliphatic carbocycles. The number of methoxy groups -OCH3 is 1. The number of benzene rings is 1. The maximum absolute atomic E-state index is 11.4. The zero-order valence-electron chi connectivity index (χ0n) is 9.85.